The number of aliphatic carboxylic acids is 1. The number of benzene rings is 1. The highest BCUT2D eigenvalue weighted by molar-refractivity contribution is 8.15. The topological polar surface area (TPSA) is 57.6 Å². The van der Waals surface area contributed by atoms with Gasteiger partial charge < -0.3 is 5.11 Å². The third-order valence-corrected chi connectivity index (χ3v) is 5.96. The molecule has 2 aliphatic rings. The molecule has 3 rings (SSSR count). The minimum Gasteiger partial charge on any atom is -0.480 e. The number of thioether (sulfide) groups is 1. The first kappa shape index (κ1) is 15.6. The third kappa shape index (κ3) is 2.47. The Bertz CT molecular complexity index is 675. The van der Waals surface area contributed by atoms with Crippen molar-refractivity contribution in [1.82, 2.24) is 4.90 Å². The smallest absolute Gasteiger partial charge is 0.328 e. The minimum absolute atomic E-state index is 0.0663. The van der Waals surface area contributed by atoms with Gasteiger partial charge in [0.05, 0.1) is 0 Å². The number of nitrogens with zero attached hydrogens (tertiary/aromatic N) is 1. The van der Waals surface area contributed by atoms with Crippen LogP contribution < -0.4 is 0 Å². The van der Waals surface area contributed by atoms with Gasteiger partial charge in [0.1, 0.15) is 5.54 Å². The zero-order chi connectivity index (χ0) is 15.9. The van der Waals surface area contributed by atoms with Crippen molar-refractivity contribution in [3.63, 3.8) is 0 Å². The van der Waals surface area contributed by atoms with E-state index in [1.54, 1.807) is 37.3 Å². The number of fused-ring (bicyclic) bond motifs is 1. The number of hydrogen-bond acceptors (Lipinski definition) is 4. The lowest BCUT2D eigenvalue weighted by atomic mass is 9.87. The molecule has 0 radical (unpaired) electrons. The first-order valence-electron chi connectivity index (χ1n) is 7.07. The zero-order valence-corrected chi connectivity index (χ0v) is 13.7. The summed E-state index contributed by atoms with van der Waals surface area (Å²) in [6.45, 7) is 2.79. The van der Waals surface area contributed by atoms with Crippen LogP contribution in [0.15, 0.2) is 35.9 Å². The van der Waals surface area contributed by atoms with E-state index in [-0.39, 0.29) is 10.4 Å². The van der Waals surface area contributed by atoms with Crippen LogP contribution in [-0.2, 0) is 15.1 Å². The SMILES string of the molecule is C[C@@](C(=O)O)(c1ccccc1Cl)N1CCC2SC(=O)C=C2C1. The average molecular weight is 338 g/mol. The van der Waals surface area contributed by atoms with Gasteiger partial charge in [-0.1, -0.05) is 41.6 Å². The van der Waals surface area contributed by atoms with Crippen molar-refractivity contribution in [1.29, 1.82) is 0 Å². The Kier molecular flexibility index (Phi) is 4.05. The molecule has 1 fully saturated rings. The summed E-state index contributed by atoms with van der Waals surface area (Å²) in [6.07, 6.45) is 2.42. The molecule has 2 atom stereocenters. The summed E-state index contributed by atoms with van der Waals surface area (Å²) in [5.41, 5.74) is 0.390. The lowest BCUT2D eigenvalue weighted by Gasteiger charge is -2.42. The average Bonchev–Trinajstić information content (AvgIpc) is 2.85. The molecule has 0 spiro atoms. The van der Waals surface area contributed by atoms with Gasteiger partial charge in [-0.25, -0.2) is 4.79 Å². The van der Waals surface area contributed by atoms with E-state index in [0.29, 0.717) is 23.7 Å². The molecule has 2 aliphatic heterocycles. The van der Waals surface area contributed by atoms with Gasteiger partial charge in [0.25, 0.3) is 0 Å². The van der Waals surface area contributed by atoms with E-state index >= 15 is 0 Å². The fourth-order valence-electron chi connectivity index (χ4n) is 3.12. The molecule has 6 heteroatoms. The molecule has 1 aromatic carbocycles. The number of likely N-dealkylation sites (tertiary alicyclic amines) is 1. The molecule has 1 unspecified atom stereocenters. The Labute approximate surface area is 138 Å². The van der Waals surface area contributed by atoms with E-state index < -0.39 is 11.5 Å². The summed E-state index contributed by atoms with van der Waals surface area (Å²) >= 11 is 7.58. The van der Waals surface area contributed by atoms with E-state index in [9.17, 15) is 14.7 Å². The molecular formula is C16H16ClNO3S. The van der Waals surface area contributed by atoms with Crippen molar-refractivity contribution in [2.24, 2.45) is 0 Å². The van der Waals surface area contributed by atoms with Gasteiger partial charge in [-0.05, 0) is 31.1 Å². The molecule has 0 saturated carbocycles. The summed E-state index contributed by atoms with van der Waals surface area (Å²) in [7, 11) is 0. The van der Waals surface area contributed by atoms with E-state index in [4.69, 9.17) is 11.6 Å². The van der Waals surface area contributed by atoms with Crippen LogP contribution in [0.2, 0.25) is 5.02 Å². The van der Waals surface area contributed by atoms with Gasteiger partial charge in [0.2, 0.25) is 5.12 Å². The van der Waals surface area contributed by atoms with E-state index in [2.05, 4.69) is 0 Å². The molecule has 0 aliphatic carbocycles. The Morgan fingerprint density at radius 1 is 1.45 bits per heavy atom. The van der Waals surface area contributed by atoms with Crippen LogP contribution in [0.1, 0.15) is 18.9 Å². The van der Waals surface area contributed by atoms with Crippen molar-refractivity contribution < 1.29 is 14.7 Å². The molecule has 22 heavy (non-hydrogen) atoms. The summed E-state index contributed by atoms with van der Waals surface area (Å²) in [6, 6.07) is 7.04. The lowest BCUT2D eigenvalue weighted by Crippen LogP contribution is -2.53. The van der Waals surface area contributed by atoms with E-state index in [1.807, 2.05) is 4.90 Å². The van der Waals surface area contributed by atoms with Crippen LogP contribution in [0.3, 0.4) is 0 Å². The first-order valence-corrected chi connectivity index (χ1v) is 8.33. The van der Waals surface area contributed by atoms with Gasteiger partial charge in [-0.15, -0.1) is 0 Å². The largest absolute Gasteiger partial charge is 0.480 e. The fourth-order valence-corrected chi connectivity index (χ4v) is 4.45. The Morgan fingerprint density at radius 3 is 2.86 bits per heavy atom. The normalized spacial score (nSPS) is 24.5. The van der Waals surface area contributed by atoms with Gasteiger partial charge >= 0.3 is 5.97 Å². The Hall–Kier alpha value is -1.30. The molecule has 4 nitrogen and oxygen atoms in total. The highest BCUT2D eigenvalue weighted by atomic mass is 35.5. The van der Waals surface area contributed by atoms with Crippen molar-refractivity contribution in [2.75, 3.05) is 13.1 Å². The van der Waals surface area contributed by atoms with E-state index in [1.165, 1.54) is 11.8 Å². The van der Waals surface area contributed by atoms with E-state index in [0.717, 1.165) is 12.0 Å². The summed E-state index contributed by atoms with van der Waals surface area (Å²) < 4.78 is 0. The molecule has 2 heterocycles. The molecule has 1 aromatic rings. The quantitative estimate of drug-likeness (QED) is 0.919. The third-order valence-electron chi connectivity index (χ3n) is 4.46. The van der Waals surface area contributed by atoms with Gasteiger partial charge in [-0.2, -0.15) is 0 Å². The van der Waals surface area contributed by atoms with Crippen molar-refractivity contribution in [2.45, 2.75) is 24.1 Å². The second kappa shape index (κ2) is 5.72. The highest BCUT2D eigenvalue weighted by Gasteiger charge is 2.46. The molecular weight excluding hydrogens is 322 g/mol. The molecule has 1 N–H and O–H groups in total. The molecule has 116 valence electrons. The molecule has 0 bridgehead atoms. The van der Waals surface area contributed by atoms with Crippen molar-refractivity contribution in [3.05, 3.63) is 46.5 Å². The fraction of sp³-hybridized carbons (Fsp3) is 0.375. The number of piperidine rings is 1. The first-order chi connectivity index (χ1) is 10.4. The van der Waals surface area contributed by atoms with Crippen LogP contribution in [0.25, 0.3) is 0 Å². The van der Waals surface area contributed by atoms with Gasteiger partial charge in [0.15, 0.2) is 0 Å². The van der Waals surface area contributed by atoms with Crippen molar-refractivity contribution >= 4 is 34.4 Å². The minimum atomic E-state index is -1.21. The monoisotopic (exact) mass is 337 g/mol. The van der Waals surface area contributed by atoms with Crippen molar-refractivity contribution in [3.8, 4) is 0 Å². The van der Waals surface area contributed by atoms with Gasteiger partial charge in [-0.3, -0.25) is 9.69 Å². The second-order valence-electron chi connectivity index (χ2n) is 5.71. The lowest BCUT2D eigenvalue weighted by molar-refractivity contribution is -0.151. The van der Waals surface area contributed by atoms with Crippen LogP contribution in [-0.4, -0.2) is 39.4 Å². The summed E-state index contributed by atoms with van der Waals surface area (Å²) in [5, 5.41) is 10.6. The maximum absolute atomic E-state index is 12.0. The second-order valence-corrected chi connectivity index (χ2v) is 7.33. The number of rotatable bonds is 3. The Balaban J connectivity index is 1.99. The van der Waals surface area contributed by atoms with Gasteiger partial charge in [0, 0.05) is 28.9 Å². The standard InChI is InChI=1S/C16H16ClNO3S/c1-16(15(20)21,11-4-2-3-5-12(11)17)18-7-6-13-10(9-18)8-14(19)22-13/h2-5,8,13H,6-7,9H2,1H3,(H,20,21)/t13?,16-/m0/s1. The Morgan fingerprint density at radius 2 is 2.18 bits per heavy atom. The predicted octanol–water partition coefficient (Wildman–Crippen LogP) is 2.91. The molecule has 0 aromatic heterocycles. The molecule has 1 saturated heterocycles. The number of carbonyl (C=O) groups is 2. The van der Waals surface area contributed by atoms with Crippen LogP contribution in [0, 0.1) is 0 Å². The number of hydrogen-bond donors (Lipinski definition) is 1. The number of carboxylic acids is 1. The van der Waals surface area contributed by atoms with Crippen LogP contribution >= 0.6 is 23.4 Å². The molecule has 0 amide bonds. The van der Waals surface area contributed by atoms with Crippen LogP contribution in [0.4, 0.5) is 0 Å². The number of carbonyl (C=O) groups excluding carboxylic acids is 1. The number of carboxylic acid groups (broad SMARTS) is 1. The highest BCUT2D eigenvalue weighted by Crippen LogP contribution is 2.41. The number of halogens is 1. The predicted molar refractivity (Wildman–Crippen MR) is 87.1 cm³/mol. The maximum atomic E-state index is 12.0. The summed E-state index contributed by atoms with van der Waals surface area (Å²) in [4.78, 5) is 25.5. The maximum Gasteiger partial charge on any atom is 0.328 e. The summed E-state index contributed by atoms with van der Waals surface area (Å²) in [5.74, 6) is -0.934. The van der Waals surface area contributed by atoms with Crippen LogP contribution in [0.5, 0.6) is 0 Å². The zero-order valence-electron chi connectivity index (χ0n) is 12.1.